The Labute approximate surface area is 171 Å². The zero-order valence-electron chi connectivity index (χ0n) is 18.6. The van der Waals surface area contributed by atoms with E-state index in [0.717, 1.165) is 25.7 Å². The van der Waals surface area contributed by atoms with Crippen molar-refractivity contribution in [1.82, 2.24) is 0 Å². The number of fused-ring (bicyclic) bond motifs is 2. The molecular formula is C26H38N2. The Hall–Kier alpha value is -1.64. The van der Waals surface area contributed by atoms with E-state index in [1.54, 1.807) is 0 Å². The van der Waals surface area contributed by atoms with Crippen LogP contribution in [0.5, 0.6) is 0 Å². The molecule has 2 aliphatic carbocycles. The van der Waals surface area contributed by atoms with Crippen molar-refractivity contribution < 1.29 is 0 Å². The van der Waals surface area contributed by atoms with Gasteiger partial charge in [0.25, 0.3) is 0 Å². The third-order valence-electron chi connectivity index (χ3n) is 6.27. The van der Waals surface area contributed by atoms with Gasteiger partial charge in [-0.25, -0.2) is 0 Å². The summed E-state index contributed by atoms with van der Waals surface area (Å²) < 4.78 is 0. The van der Waals surface area contributed by atoms with Crippen LogP contribution in [0.3, 0.4) is 0 Å². The van der Waals surface area contributed by atoms with Gasteiger partial charge in [-0.1, -0.05) is 77.9 Å². The minimum absolute atomic E-state index is 0.252. The van der Waals surface area contributed by atoms with Crippen molar-refractivity contribution in [2.24, 2.45) is 11.5 Å². The first kappa shape index (κ1) is 21.1. The van der Waals surface area contributed by atoms with Gasteiger partial charge in [0.15, 0.2) is 0 Å². The predicted octanol–water partition coefficient (Wildman–Crippen LogP) is 5.86. The summed E-state index contributed by atoms with van der Waals surface area (Å²) in [5, 5.41) is 0. The van der Waals surface area contributed by atoms with Crippen molar-refractivity contribution in [3.05, 3.63) is 69.8 Å². The SMILES string of the molecule is CC(C)(C)c1ccc2c(c1)CCC2N.CC(C)(C)c1ccc2c(c1)CC[C@H]2N. The van der Waals surface area contributed by atoms with Crippen LogP contribution in [0.1, 0.15) is 99.8 Å². The molecular weight excluding hydrogens is 340 g/mol. The Bertz CT molecular complexity index is 765. The summed E-state index contributed by atoms with van der Waals surface area (Å²) >= 11 is 0. The summed E-state index contributed by atoms with van der Waals surface area (Å²) in [5.41, 5.74) is 21.0. The van der Waals surface area contributed by atoms with Gasteiger partial charge in [0.05, 0.1) is 0 Å². The standard InChI is InChI=1S/2C13H19N/c2*1-13(2,3)10-5-6-11-9(8-10)4-7-12(11)14/h2*5-6,8,12H,4,7,14H2,1-3H3/t12-;/m1./s1. The highest BCUT2D eigenvalue weighted by Gasteiger charge is 2.23. The van der Waals surface area contributed by atoms with Gasteiger partial charge < -0.3 is 11.5 Å². The maximum absolute atomic E-state index is 6.01. The molecule has 2 aromatic carbocycles. The lowest BCUT2D eigenvalue weighted by Gasteiger charge is -2.20. The summed E-state index contributed by atoms with van der Waals surface area (Å²) in [6, 6.07) is 14.1. The van der Waals surface area contributed by atoms with E-state index in [1.807, 2.05) is 0 Å². The Morgan fingerprint density at radius 3 is 1.32 bits per heavy atom. The van der Waals surface area contributed by atoms with Crippen LogP contribution in [-0.2, 0) is 23.7 Å². The van der Waals surface area contributed by atoms with Crippen molar-refractivity contribution in [3.63, 3.8) is 0 Å². The molecule has 0 bridgehead atoms. The Balaban J connectivity index is 0.000000161. The van der Waals surface area contributed by atoms with Crippen molar-refractivity contribution in [2.75, 3.05) is 0 Å². The number of hydrogen-bond donors (Lipinski definition) is 2. The molecule has 0 amide bonds. The number of benzene rings is 2. The Kier molecular flexibility index (Phi) is 5.76. The largest absolute Gasteiger partial charge is 0.324 e. The van der Waals surface area contributed by atoms with E-state index in [2.05, 4.69) is 77.9 Å². The third-order valence-corrected chi connectivity index (χ3v) is 6.27. The van der Waals surface area contributed by atoms with Crippen LogP contribution in [0.2, 0.25) is 0 Å². The first-order chi connectivity index (χ1) is 13.0. The van der Waals surface area contributed by atoms with Gasteiger partial charge in [0.2, 0.25) is 0 Å². The molecule has 0 aromatic heterocycles. The van der Waals surface area contributed by atoms with Crippen LogP contribution < -0.4 is 11.5 Å². The van der Waals surface area contributed by atoms with Crippen LogP contribution in [-0.4, -0.2) is 0 Å². The Morgan fingerprint density at radius 2 is 1.00 bits per heavy atom. The van der Waals surface area contributed by atoms with Crippen LogP contribution in [0.25, 0.3) is 0 Å². The van der Waals surface area contributed by atoms with E-state index in [4.69, 9.17) is 11.5 Å². The maximum atomic E-state index is 6.01. The number of aryl methyl sites for hydroxylation is 2. The van der Waals surface area contributed by atoms with Gasteiger partial charge in [0.1, 0.15) is 0 Å². The highest BCUT2D eigenvalue weighted by molar-refractivity contribution is 5.40. The molecule has 28 heavy (non-hydrogen) atoms. The maximum Gasteiger partial charge on any atom is 0.0300 e. The zero-order valence-corrected chi connectivity index (χ0v) is 18.6. The summed E-state index contributed by atoms with van der Waals surface area (Å²) in [6.45, 7) is 13.5. The molecule has 2 heteroatoms. The lowest BCUT2D eigenvalue weighted by atomic mass is 9.85. The van der Waals surface area contributed by atoms with Crippen LogP contribution in [0.15, 0.2) is 36.4 Å². The highest BCUT2D eigenvalue weighted by Crippen LogP contribution is 2.34. The minimum Gasteiger partial charge on any atom is -0.324 e. The van der Waals surface area contributed by atoms with Gasteiger partial charge in [0, 0.05) is 12.1 Å². The molecule has 2 aliphatic rings. The molecule has 0 spiro atoms. The molecule has 2 nitrogen and oxygen atoms in total. The van der Waals surface area contributed by atoms with Crippen LogP contribution in [0.4, 0.5) is 0 Å². The molecule has 2 atom stereocenters. The van der Waals surface area contributed by atoms with E-state index in [-0.39, 0.29) is 22.9 Å². The topological polar surface area (TPSA) is 52.0 Å². The van der Waals surface area contributed by atoms with Gasteiger partial charge in [-0.3, -0.25) is 0 Å². The molecule has 4 N–H and O–H groups in total. The molecule has 152 valence electrons. The predicted molar refractivity (Wildman–Crippen MR) is 121 cm³/mol. The molecule has 0 aliphatic heterocycles. The number of nitrogens with two attached hydrogens (primary N) is 2. The number of hydrogen-bond acceptors (Lipinski definition) is 2. The van der Waals surface area contributed by atoms with Crippen LogP contribution in [0, 0.1) is 0 Å². The molecule has 0 heterocycles. The normalized spacial score (nSPS) is 21.0. The van der Waals surface area contributed by atoms with Gasteiger partial charge in [-0.05, 0) is 69.9 Å². The molecule has 0 saturated heterocycles. The van der Waals surface area contributed by atoms with Crippen molar-refractivity contribution in [2.45, 2.75) is 90.1 Å². The first-order valence-corrected chi connectivity index (χ1v) is 10.7. The average molecular weight is 379 g/mol. The first-order valence-electron chi connectivity index (χ1n) is 10.7. The van der Waals surface area contributed by atoms with Crippen molar-refractivity contribution >= 4 is 0 Å². The second-order valence-electron chi connectivity index (χ2n) is 10.6. The van der Waals surface area contributed by atoms with E-state index < -0.39 is 0 Å². The molecule has 0 saturated carbocycles. The fourth-order valence-electron chi connectivity index (χ4n) is 4.23. The van der Waals surface area contributed by atoms with Crippen LogP contribution >= 0.6 is 0 Å². The smallest absolute Gasteiger partial charge is 0.0300 e. The van der Waals surface area contributed by atoms with E-state index >= 15 is 0 Å². The lowest BCUT2D eigenvalue weighted by molar-refractivity contribution is 0.589. The van der Waals surface area contributed by atoms with Gasteiger partial charge >= 0.3 is 0 Å². The van der Waals surface area contributed by atoms with E-state index in [0.29, 0.717) is 0 Å². The average Bonchev–Trinajstić information content (AvgIpc) is 3.17. The van der Waals surface area contributed by atoms with E-state index in [9.17, 15) is 0 Å². The van der Waals surface area contributed by atoms with Gasteiger partial charge in [-0.2, -0.15) is 0 Å². The quantitative estimate of drug-likeness (QED) is 0.603. The lowest BCUT2D eigenvalue weighted by Crippen LogP contribution is -2.12. The molecule has 1 unspecified atom stereocenters. The Morgan fingerprint density at radius 1 is 0.643 bits per heavy atom. The fourth-order valence-corrected chi connectivity index (χ4v) is 4.23. The second-order valence-corrected chi connectivity index (χ2v) is 10.6. The summed E-state index contributed by atoms with van der Waals surface area (Å²) in [5.74, 6) is 0. The zero-order chi connectivity index (χ0) is 20.7. The van der Waals surface area contributed by atoms with Crippen molar-refractivity contribution in [1.29, 1.82) is 0 Å². The summed E-state index contributed by atoms with van der Waals surface area (Å²) in [7, 11) is 0. The highest BCUT2D eigenvalue weighted by atomic mass is 14.6. The molecule has 0 radical (unpaired) electrons. The molecule has 0 fully saturated rings. The minimum atomic E-state index is 0.252. The molecule has 4 rings (SSSR count). The number of rotatable bonds is 0. The van der Waals surface area contributed by atoms with E-state index in [1.165, 1.54) is 33.4 Å². The summed E-state index contributed by atoms with van der Waals surface area (Å²) in [4.78, 5) is 0. The second kappa shape index (κ2) is 7.65. The molecule has 2 aromatic rings. The monoisotopic (exact) mass is 378 g/mol. The third kappa shape index (κ3) is 4.50. The van der Waals surface area contributed by atoms with Gasteiger partial charge in [-0.15, -0.1) is 0 Å². The fraction of sp³-hybridized carbons (Fsp3) is 0.538. The summed E-state index contributed by atoms with van der Waals surface area (Å²) in [6.07, 6.45) is 4.53. The van der Waals surface area contributed by atoms with Crippen molar-refractivity contribution in [3.8, 4) is 0 Å².